The van der Waals surface area contributed by atoms with Crippen LogP contribution in [0.2, 0.25) is 0 Å². The molecule has 39 heavy (non-hydrogen) atoms. The van der Waals surface area contributed by atoms with Gasteiger partial charge >= 0.3 is 5.97 Å². The lowest BCUT2D eigenvalue weighted by molar-refractivity contribution is -0.126. The highest BCUT2D eigenvalue weighted by Crippen LogP contribution is 2.23. The number of halogens is 1. The van der Waals surface area contributed by atoms with E-state index in [0.29, 0.717) is 23.3 Å². The Balaban J connectivity index is 1.66. The number of ether oxygens (including phenoxy) is 1. The number of hydrogen-bond acceptors (Lipinski definition) is 5. The van der Waals surface area contributed by atoms with Crippen LogP contribution in [-0.2, 0) is 9.59 Å². The summed E-state index contributed by atoms with van der Waals surface area (Å²) in [6, 6.07) is 12.3. The molecule has 2 N–H and O–H groups in total. The summed E-state index contributed by atoms with van der Waals surface area (Å²) >= 11 is 3.40. The Kier molecular flexibility index (Phi) is 15.8. The van der Waals surface area contributed by atoms with Crippen LogP contribution < -0.4 is 15.5 Å². The fourth-order valence-electron chi connectivity index (χ4n) is 4.10. The SMILES string of the molecule is CCCCCCCCCCCCCC(=O)NCC(=O)N/N=C/c1cc(Br)ccc1OC(=O)c1ccccc1C. The molecule has 0 bridgehead atoms. The van der Waals surface area contributed by atoms with Crippen molar-refractivity contribution in [2.24, 2.45) is 5.10 Å². The molecule has 0 spiro atoms. The summed E-state index contributed by atoms with van der Waals surface area (Å²) in [6.07, 6.45) is 15.3. The third-order valence-corrected chi connectivity index (χ3v) is 6.88. The molecule has 0 radical (unpaired) electrons. The maximum Gasteiger partial charge on any atom is 0.343 e. The average Bonchev–Trinajstić information content (AvgIpc) is 2.92. The predicted octanol–water partition coefficient (Wildman–Crippen LogP) is 7.24. The summed E-state index contributed by atoms with van der Waals surface area (Å²) < 4.78 is 6.34. The normalized spacial score (nSPS) is 10.9. The van der Waals surface area contributed by atoms with Gasteiger partial charge in [0.15, 0.2) is 0 Å². The first-order chi connectivity index (χ1) is 18.9. The van der Waals surface area contributed by atoms with Crippen molar-refractivity contribution in [3.8, 4) is 5.75 Å². The Morgan fingerprint density at radius 2 is 1.51 bits per heavy atom. The van der Waals surface area contributed by atoms with Gasteiger partial charge in [0, 0.05) is 16.5 Å². The Morgan fingerprint density at radius 3 is 2.18 bits per heavy atom. The molecule has 0 fully saturated rings. The van der Waals surface area contributed by atoms with Crippen molar-refractivity contribution in [1.82, 2.24) is 10.7 Å². The predicted molar refractivity (Wildman–Crippen MR) is 160 cm³/mol. The number of nitrogens with zero attached hydrogens (tertiary/aromatic N) is 1. The van der Waals surface area contributed by atoms with Crippen LogP contribution in [0.5, 0.6) is 5.75 Å². The number of unbranched alkanes of at least 4 members (excludes halogenated alkanes) is 10. The number of hydrogen-bond donors (Lipinski definition) is 2. The maximum absolute atomic E-state index is 12.6. The number of rotatable bonds is 18. The molecule has 2 rings (SSSR count). The summed E-state index contributed by atoms with van der Waals surface area (Å²) in [5.41, 5.74) is 4.19. The van der Waals surface area contributed by atoms with E-state index in [4.69, 9.17) is 4.74 Å². The standard InChI is InChI=1S/C31H42BrN3O4/c1-3-4-5-6-7-8-9-10-11-12-13-18-29(36)33-23-30(37)35-34-22-25-21-26(32)19-20-28(25)39-31(38)27-17-15-14-16-24(27)2/h14-17,19-22H,3-13,18,23H2,1-2H3,(H,33,36)(H,35,37)/b34-22+. The zero-order chi connectivity index (χ0) is 28.3. The van der Waals surface area contributed by atoms with Crippen molar-refractivity contribution in [2.75, 3.05) is 6.54 Å². The molecule has 0 aromatic heterocycles. The van der Waals surface area contributed by atoms with Gasteiger partial charge in [-0.1, -0.05) is 105 Å². The molecule has 0 aliphatic heterocycles. The van der Waals surface area contributed by atoms with E-state index in [1.54, 1.807) is 30.3 Å². The summed E-state index contributed by atoms with van der Waals surface area (Å²) in [7, 11) is 0. The van der Waals surface area contributed by atoms with Crippen molar-refractivity contribution in [3.63, 3.8) is 0 Å². The lowest BCUT2D eigenvalue weighted by Crippen LogP contribution is -2.34. The van der Waals surface area contributed by atoms with Gasteiger partial charge in [-0.15, -0.1) is 0 Å². The Hall–Kier alpha value is -3.00. The molecule has 0 heterocycles. The molecule has 212 valence electrons. The lowest BCUT2D eigenvalue weighted by Gasteiger charge is -2.09. The third kappa shape index (κ3) is 13.6. The highest BCUT2D eigenvalue weighted by molar-refractivity contribution is 9.10. The summed E-state index contributed by atoms with van der Waals surface area (Å²) in [4.78, 5) is 36.8. The number of carbonyl (C=O) groups is 3. The first-order valence-electron chi connectivity index (χ1n) is 14.1. The topological polar surface area (TPSA) is 96.9 Å². The fraction of sp³-hybridized carbons (Fsp3) is 0.484. The van der Waals surface area contributed by atoms with E-state index in [1.165, 1.54) is 57.6 Å². The van der Waals surface area contributed by atoms with Crippen LogP contribution in [0.25, 0.3) is 0 Å². The minimum atomic E-state index is -0.477. The molecule has 2 aromatic carbocycles. The minimum Gasteiger partial charge on any atom is -0.422 e. The first kappa shape index (κ1) is 32.2. The molecule has 2 aromatic rings. The van der Waals surface area contributed by atoms with E-state index in [1.807, 2.05) is 19.1 Å². The quantitative estimate of drug-likeness (QED) is 0.0620. The van der Waals surface area contributed by atoms with Gasteiger partial charge in [0.05, 0.1) is 18.3 Å². The van der Waals surface area contributed by atoms with Gasteiger partial charge in [-0.05, 0) is 43.2 Å². The second kappa shape index (κ2) is 19.1. The van der Waals surface area contributed by atoms with Crippen LogP contribution in [0.3, 0.4) is 0 Å². The van der Waals surface area contributed by atoms with Crippen molar-refractivity contribution in [2.45, 2.75) is 90.9 Å². The van der Waals surface area contributed by atoms with Crippen molar-refractivity contribution in [3.05, 3.63) is 63.6 Å². The van der Waals surface area contributed by atoms with Crippen molar-refractivity contribution >= 4 is 39.9 Å². The number of benzene rings is 2. The zero-order valence-electron chi connectivity index (χ0n) is 23.3. The van der Waals surface area contributed by atoms with E-state index in [0.717, 1.165) is 29.3 Å². The average molecular weight is 601 g/mol. The molecule has 0 atom stereocenters. The van der Waals surface area contributed by atoms with Crippen molar-refractivity contribution in [1.29, 1.82) is 0 Å². The molecule has 0 saturated carbocycles. The number of nitrogens with one attached hydrogen (secondary N) is 2. The van der Waals surface area contributed by atoms with Gasteiger partial charge in [0.25, 0.3) is 5.91 Å². The van der Waals surface area contributed by atoms with Gasteiger partial charge < -0.3 is 10.1 Å². The van der Waals surface area contributed by atoms with Crippen LogP contribution in [0.15, 0.2) is 52.0 Å². The van der Waals surface area contributed by atoms with Crippen LogP contribution in [0, 0.1) is 6.92 Å². The highest BCUT2D eigenvalue weighted by atomic mass is 79.9. The molecular weight excluding hydrogens is 558 g/mol. The summed E-state index contributed by atoms with van der Waals surface area (Å²) in [6.45, 7) is 3.93. The largest absolute Gasteiger partial charge is 0.422 e. The number of carbonyl (C=O) groups excluding carboxylic acids is 3. The van der Waals surface area contributed by atoms with Gasteiger partial charge in [-0.3, -0.25) is 9.59 Å². The highest BCUT2D eigenvalue weighted by Gasteiger charge is 2.13. The van der Waals surface area contributed by atoms with Crippen molar-refractivity contribution < 1.29 is 19.1 Å². The monoisotopic (exact) mass is 599 g/mol. The van der Waals surface area contributed by atoms with Gasteiger partial charge in [-0.2, -0.15) is 5.10 Å². The molecular formula is C31H42BrN3O4. The van der Waals surface area contributed by atoms with Crippen LogP contribution >= 0.6 is 15.9 Å². The first-order valence-corrected chi connectivity index (χ1v) is 14.9. The second-order valence-electron chi connectivity index (χ2n) is 9.74. The molecule has 7 nitrogen and oxygen atoms in total. The van der Waals surface area contributed by atoms with Gasteiger partial charge in [-0.25, -0.2) is 10.2 Å². The second-order valence-corrected chi connectivity index (χ2v) is 10.7. The van der Waals surface area contributed by atoms with Crippen LogP contribution in [0.1, 0.15) is 105 Å². The van der Waals surface area contributed by atoms with E-state index in [-0.39, 0.29) is 12.5 Å². The van der Waals surface area contributed by atoms with E-state index in [9.17, 15) is 14.4 Å². The molecule has 0 saturated heterocycles. The Labute approximate surface area is 241 Å². The molecule has 0 aliphatic carbocycles. The number of amides is 2. The van der Waals surface area contributed by atoms with Gasteiger partial charge in [0.2, 0.25) is 5.91 Å². The molecule has 8 heteroatoms. The minimum absolute atomic E-state index is 0.137. The smallest absolute Gasteiger partial charge is 0.343 e. The van der Waals surface area contributed by atoms with E-state index < -0.39 is 11.9 Å². The van der Waals surface area contributed by atoms with Crippen LogP contribution in [-0.4, -0.2) is 30.5 Å². The third-order valence-electron chi connectivity index (χ3n) is 6.39. The van der Waals surface area contributed by atoms with E-state index >= 15 is 0 Å². The van der Waals surface area contributed by atoms with Crippen LogP contribution in [0.4, 0.5) is 0 Å². The van der Waals surface area contributed by atoms with E-state index in [2.05, 4.69) is 38.7 Å². The molecule has 0 aliphatic rings. The molecule has 0 unspecified atom stereocenters. The van der Waals surface area contributed by atoms with Gasteiger partial charge in [0.1, 0.15) is 5.75 Å². The number of hydrazone groups is 1. The summed E-state index contributed by atoms with van der Waals surface area (Å²) in [5, 5.41) is 6.60. The number of aryl methyl sites for hydroxylation is 1. The zero-order valence-corrected chi connectivity index (χ0v) is 24.9. The fourth-order valence-corrected chi connectivity index (χ4v) is 4.48. The molecule has 2 amide bonds. The lowest BCUT2D eigenvalue weighted by atomic mass is 10.1. The Bertz CT molecular complexity index is 1090. The maximum atomic E-state index is 12.6. The Morgan fingerprint density at radius 1 is 0.872 bits per heavy atom. The summed E-state index contributed by atoms with van der Waals surface area (Å²) in [5.74, 6) is -0.742. The number of esters is 1.